The summed E-state index contributed by atoms with van der Waals surface area (Å²) in [5.74, 6) is 0.907. The van der Waals surface area contributed by atoms with Crippen molar-refractivity contribution in [3.8, 4) is 28.1 Å². The van der Waals surface area contributed by atoms with Crippen LogP contribution in [0.2, 0.25) is 0 Å². The van der Waals surface area contributed by atoms with Crippen LogP contribution in [0, 0.1) is 0 Å². The van der Waals surface area contributed by atoms with Crippen molar-refractivity contribution in [2.75, 3.05) is 10.2 Å². The minimum absolute atomic E-state index is 0.139. The van der Waals surface area contributed by atoms with Gasteiger partial charge in [0.05, 0.1) is 22.4 Å². The van der Waals surface area contributed by atoms with Crippen LogP contribution in [0.5, 0.6) is 0 Å². The van der Waals surface area contributed by atoms with Gasteiger partial charge in [-0.2, -0.15) is 0 Å². The molecule has 5 nitrogen and oxygen atoms in total. The standard InChI is InChI=1S/C41H29N5/c1-2-10-32(11-3-1)45-40(31-23-19-29(20-24-31)28-17-21-30(22-18-28)35-14-8-9-26-42-35)44-39-38(25-27-43-41(39)45)46-36-15-6-4-12-33(36)34-13-5-7-16-37(34)46/h1-27,40,44H. The third-order valence-electron chi connectivity index (χ3n) is 8.94. The molecule has 1 aliphatic rings. The summed E-state index contributed by atoms with van der Waals surface area (Å²) in [4.78, 5) is 11.8. The monoisotopic (exact) mass is 591 g/mol. The Morgan fingerprint density at radius 3 is 1.78 bits per heavy atom. The smallest absolute Gasteiger partial charge is 0.160 e. The first-order chi connectivity index (χ1) is 22.8. The minimum Gasteiger partial charge on any atom is -0.356 e. The number of fused-ring (bicyclic) bond motifs is 4. The molecule has 1 unspecified atom stereocenters. The number of pyridine rings is 2. The molecule has 0 saturated heterocycles. The molecule has 4 heterocycles. The lowest BCUT2D eigenvalue weighted by molar-refractivity contribution is 0.820. The first-order valence-electron chi connectivity index (χ1n) is 15.5. The third-order valence-corrected chi connectivity index (χ3v) is 8.94. The molecule has 3 aromatic heterocycles. The lowest BCUT2D eigenvalue weighted by atomic mass is 10.0. The van der Waals surface area contributed by atoms with E-state index in [0.29, 0.717) is 0 Å². The van der Waals surface area contributed by atoms with E-state index >= 15 is 0 Å². The first-order valence-corrected chi connectivity index (χ1v) is 15.5. The quantitative estimate of drug-likeness (QED) is 0.216. The average molecular weight is 592 g/mol. The van der Waals surface area contributed by atoms with Crippen LogP contribution in [-0.4, -0.2) is 14.5 Å². The predicted molar refractivity (Wildman–Crippen MR) is 189 cm³/mol. The van der Waals surface area contributed by atoms with E-state index in [0.717, 1.165) is 39.7 Å². The Kier molecular flexibility index (Phi) is 6.13. The van der Waals surface area contributed by atoms with Crippen molar-refractivity contribution in [3.05, 3.63) is 170 Å². The van der Waals surface area contributed by atoms with Crippen molar-refractivity contribution in [2.24, 2.45) is 0 Å². The normalized spacial score (nSPS) is 14.0. The Balaban J connectivity index is 1.13. The highest BCUT2D eigenvalue weighted by Gasteiger charge is 2.35. The third kappa shape index (κ3) is 4.25. The SMILES string of the molecule is c1ccc(N2c3nccc(-n4c5ccccc5c5ccccc54)c3NC2c2ccc(-c3ccc(-c4ccccn4)cc3)cc2)cc1. The van der Waals surface area contributed by atoms with Gasteiger partial charge in [0.15, 0.2) is 5.82 Å². The number of hydrogen-bond donors (Lipinski definition) is 1. The molecule has 0 aliphatic carbocycles. The van der Waals surface area contributed by atoms with Gasteiger partial charge in [-0.05, 0) is 59.2 Å². The molecule has 0 amide bonds. The maximum Gasteiger partial charge on any atom is 0.160 e. The molecule has 0 fully saturated rings. The second-order valence-electron chi connectivity index (χ2n) is 11.6. The number of nitrogens with one attached hydrogen (secondary N) is 1. The van der Waals surface area contributed by atoms with Gasteiger partial charge in [-0.15, -0.1) is 0 Å². The number of para-hydroxylation sites is 3. The van der Waals surface area contributed by atoms with Crippen LogP contribution in [-0.2, 0) is 0 Å². The molecular weight excluding hydrogens is 562 g/mol. The summed E-state index contributed by atoms with van der Waals surface area (Å²) in [5, 5.41) is 6.38. The molecule has 8 aromatic rings. The number of nitrogens with zero attached hydrogens (tertiary/aromatic N) is 4. The molecule has 46 heavy (non-hydrogen) atoms. The van der Waals surface area contributed by atoms with Crippen molar-refractivity contribution < 1.29 is 0 Å². The summed E-state index contributed by atoms with van der Waals surface area (Å²) in [7, 11) is 0. The summed E-state index contributed by atoms with van der Waals surface area (Å²) < 4.78 is 2.36. The van der Waals surface area contributed by atoms with Crippen molar-refractivity contribution in [3.63, 3.8) is 0 Å². The van der Waals surface area contributed by atoms with Gasteiger partial charge in [0.2, 0.25) is 0 Å². The van der Waals surface area contributed by atoms with Crippen LogP contribution in [0.3, 0.4) is 0 Å². The van der Waals surface area contributed by atoms with Crippen molar-refractivity contribution in [2.45, 2.75) is 6.17 Å². The van der Waals surface area contributed by atoms with Crippen LogP contribution < -0.4 is 10.2 Å². The first kappa shape index (κ1) is 26.2. The maximum absolute atomic E-state index is 4.97. The number of benzene rings is 5. The molecule has 0 spiro atoms. The zero-order chi connectivity index (χ0) is 30.5. The van der Waals surface area contributed by atoms with Gasteiger partial charge in [-0.1, -0.05) is 109 Å². The lowest BCUT2D eigenvalue weighted by Gasteiger charge is -2.26. The zero-order valence-electron chi connectivity index (χ0n) is 25.0. The van der Waals surface area contributed by atoms with Crippen molar-refractivity contribution >= 4 is 39.0 Å². The van der Waals surface area contributed by atoms with E-state index in [4.69, 9.17) is 4.98 Å². The Bertz CT molecular complexity index is 2270. The largest absolute Gasteiger partial charge is 0.356 e. The summed E-state index contributed by atoms with van der Waals surface area (Å²) in [6.45, 7) is 0. The molecule has 0 saturated carbocycles. The van der Waals surface area contributed by atoms with E-state index < -0.39 is 0 Å². The Labute approximate surface area is 267 Å². The number of anilines is 3. The van der Waals surface area contributed by atoms with E-state index in [-0.39, 0.29) is 6.17 Å². The highest BCUT2D eigenvalue weighted by Crippen LogP contribution is 2.48. The molecular formula is C41H29N5. The molecule has 1 atom stereocenters. The van der Waals surface area contributed by atoms with Crippen LogP contribution >= 0.6 is 0 Å². The zero-order valence-corrected chi connectivity index (χ0v) is 25.0. The van der Waals surface area contributed by atoms with E-state index in [9.17, 15) is 0 Å². The fraction of sp³-hybridized carbons (Fsp3) is 0.0244. The molecule has 0 radical (unpaired) electrons. The number of aromatic nitrogens is 3. The average Bonchev–Trinajstić information content (AvgIpc) is 3.69. The highest BCUT2D eigenvalue weighted by atomic mass is 15.4. The number of rotatable bonds is 5. The van der Waals surface area contributed by atoms with Gasteiger partial charge >= 0.3 is 0 Å². The Hall–Kier alpha value is -6.20. The summed E-state index contributed by atoms with van der Waals surface area (Å²) in [6.07, 6.45) is 3.62. The molecule has 1 N–H and O–H groups in total. The van der Waals surface area contributed by atoms with Crippen LogP contribution in [0.25, 0.3) is 49.9 Å². The lowest BCUT2D eigenvalue weighted by Crippen LogP contribution is -2.23. The van der Waals surface area contributed by atoms with E-state index in [1.807, 2.05) is 30.6 Å². The molecule has 9 rings (SSSR count). The summed E-state index contributed by atoms with van der Waals surface area (Å²) in [5.41, 5.74) is 11.1. The van der Waals surface area contributed by atoms with E-state index in [1.54, 1.807) is 0 Å². The minimum atomic E-state index is -0.139. The Morgan fingerprint density at radius 2 is 1.11 bits per heavy atom. The second kappa shape index (κ2) is 10.8. The van der Waals surface area contributed by atoms with Crippen molar-refractivity contribution in [1.82, 2.24) is 14.5 Å². The summed E-state index contributed by atoms with van der Waals surface area (Å²) >= 11 is 0. The molecule has 1 aliphatic heterocycles. The van der Waals surface area contributed by atoms with Crippen LogP contribution in [0.15, 0.2) is 164 Å². The van der Waals surface area contributed by atoms with Crippen LogP contribution in [0.4, 0.5) is 17.2 Å². The van der Waals surface area contributed by atoms with Crippen molar-refractivity contribution in [1.29, 1.82) is 0 Å². The molecule has 218 valence electrons. The highest BCUT2D eigenvalue weighted by molar-refractivity contribution is 6.10. The fourth-order valence-electron chi connectivity index (χ4n) is 6.77. The molecule has 0 bridgehead atoms. The van der Waals surface area contributed by atoms with Gasteiger partial charge in [-0.25, -0.2) is 4.98 Å². The van der Waals surface area contributed by atoms with Gasteiger partial charge in [0.25, 0.3) is 0 Å². The van der Waals surface area contributed by atoms with Gasteiger partial charge in [0.1, 0.15) is 11.9 Å². The topological polar surface area (TPSA) is 46.0 Å². The molecule has 5 heteroatoms. The molecule has 5 aromatic carbocycles. The van der Waals surface area contributed by atoms with Crippen LogP contribution in [0.1, 0.15) is 11.7 Å². The van der Waals surface area contributed by atoms with Gasteiger partial charge in [-0.3, -0.25) is 9.88 Å². The van der Waals surface area contributed by atoms with Gasteiger partial charge < -0.3 is 9.88 Å². The van der Waals surface area contributed by atoms with E-state index in [2.05, 4.69) is 153 Å². The predicted octanol–water partition coefficient (Wildman–Crippen LogP) is 10.2. The fourth-order valence-corrected chi connectivity index (χ4v) is 6.77. The number of hydrogen-bond acceptors (Lipinski definition) is 4. The Morgan fingerprint density at radius 1 is 0.500 bits per heavy atom. The second-order valence-corrected chi connectivity index (χ2v) is 11.6. The van der Waals surface area contributed by atoms with E-state index in [1.165, 1.54) is 32.9 Å². The van der Waals surface area contributed by atoms with Gasteiger partial charge in [0, 0.05) is 34.4 Å². The summed E-state index contributed by atoms with van der Waals surface area (Å²) in [6, 6.07) is 53.4. The maximum atomic E-state index is 4.97.